The van der Waals surface area contributed by atoms with E-state index < -0.39 is 18.2 Å². The SMILES string of the molecule is C=C[C@H]1CC[C@H](C#Cc2ccc(-c3ccc(OC(F)F)c(F)c3)cc2)CC1. The highest BCUT2D eigenvalue weighted by Gasteiger charge is 2.17. The van der Waals surface area contributed by atoms with Crippen LogP contribution in [0, 0.1) is 29.5 Å². The molecule has 0 aliphatic heterocycles. The van der Waals surface area contributed by atoms with Crippen molar-refractivity contribution < 1.29 is 17.9 Å². The number of ether oxygens (including phenoxy) is 1. The number of allylic oxidation sites excluding steroid dienone is 1. The molecule has 1 saturated carbocycles. The molecule has 2 aromatic rings. The van der Waals surface area contributed by atoms with E-state index in [1.54, 1.807) is 6.07 Å². The van der Waals surface area contributed by atoms with Crippen molar-refractivity contribution in [1.29, 1.82) is 0 Å². The minimum atomic E-state index is -3.05. The highest BCUT2D eigenvalue weighted by molar-refractivity contribution is 5.65. The zero-order chi connectivity index (χ0) is 19.2. The lowest BCUT2D eigenvalue weighted by molar-refractivity contribution is -0.0521. The van der Waals surface area contributed by atoms with Crippen LogP contribution in [0.4, 0.5) is 13.2 Å². The van der Waals surface area contributed by atoms with Gasteiger partial charge in [0.05, 0.1) is 0 Å². The highest BCUT2D eigenvalue weighted by atomic mass is 19.3. The van der Waals surface area contributed by atoms with E-state index >= 15 is 0 Å². The van der Waals surface area contributed by atoms with Crippen molar-refractivity contribution in [2.24, 2.45) is 11.8 Å². The average Bonchev–Trinajstić information content (AvgIpc) is 2.68. The van der Waals surface area contributed by atoms with Crippen LogP contribution >= 0.6 is 0 Å². The second-order valence-corrected chi connectivity index (χ2v) is 6.72. The largest absolute Gasteiger partial charge is 0.432 e. The first-order chi connectivity index (χ1) is 13.0. The van der Waals surface area contributed by atoms with Gasteiger partial charge in [-0.05, 0) is 67.0 Å². The Hall–Kier alpha value is -2.67. The number of alkyl halides is 2. The van der Waals surface area contributed by atoms with Crippen LogP contribution in [-0.2, 0) is 0 Å². The van der Waals surface area contributed by atoms with E-state index in [0.29, 0.717) is 17.4 Å². The Morgan fingerprint density at radius 1 is 1.00 bits per heavy atom. The molecule has 0 aromatic heterocycles. The Kier molecular flexibility index (Phi) is 6.24. The number of rotatable bonds is 4. The van der Waals surface area contributed by atoms with Crippen LogP contribution in [0.25, 0.3) is 11.1 Å². The van der Waals surface area contributed by atoms with Gasteiger partial charge in [0.25, 0.3) is 0 Å². The molecule has 0 saturated heterocycles. The summed E-state index contributed by atoms with van der Waals surface area (Å²) >= 11 is 0. The summed E-state index contributed by atoms with van der Waals surface area (Å²) in [4.78, 5) is 0. The first-order valence-corrected chi connectivity index (χ1v) is 9.04. The van der Waals surface area contributed by atoms with E-state index in [0.717, 1.165) is 36.8 Å². The van der Waals surface area contributed by atoms with E-state index in [1.165, 1.54) is 12.1 Å². The van der Waals surface area contributed by atoms with E-state index in [1.807, 2.05) is 30.3 Å². The van der Waals surface area contributed by atoms with E-state index in [2.05, 4.69) is 23.2 Å². The lowest BCUT2D eigenvalue weighted by atomic mass is 9.82. The minimum Gasteiger partial charge on any atom is -0.432 e. The standard InChI is InChI=1S/C23H21F3O/c1-2-16-3-5-17(6-4-16)7-8-18-9-11-19(12-10-18)20-13-14-22(21(24)15-20)27-23(25)26/h2,9-17,23H,1,3-6H2/t16-,17-. The van der Waals surface area contributed by atoms with Crippen molar-refractivity contribution >= 4 is 0 Å². The molecule has 3 rings (SSSR count). The van der Waals surface area contributed by atoms with Crippen molar-refractivity contribution in [3.8, 4) is 28.7 Å². The maximum absolute atomic E-state index is 13.9. The molecule has 27 heavy (non-hydrogen) atoms. The Balaban J connectivity index is 1.67. The lowest BCUT2D eigenvalue weighted by Crippen LogP contribution is -2.11. The number of hydrogen-bond donors (Lipinski definition) is 0. The van der Waals surface area contributed by atoms with Gasteiger partial charge in [-0.1, -0.05) is 36.1 Å². The Morgan fingerprint density at radius 2 is 1.67 bits per heavy atom. The zero-order valence-corrected chi connectivity index (χ0v) is 14.9. The molecule has 0 bridgehead atoms. The Morgan fingerprint density at radius 3 is 2.26 bits per heavy atom. The van der Waals surface area contributed by atoms with Crippen LogP contribution in [-0.4, -0.2) is 6.61 Å². The van der Waals surface area contributed by atoms with Crippen LogP contribution in [0.15, 0.2) is 55.1 Å². The molecule has 0 N–H and O–H groups in total. The maximum Gasteiger partial charge on any atom is 0.387 e. The van der Waals surface area contributed by atoms with Gasteiger partial charge in [-0.15, -0.1) is 6.58 Å². The summed E-state index contributed by atoms with van der Waals surface area (Å²) < 4.78 is 42.4. The van der Waals surface area contributed by atoms with Gasteiger partial charge in [0, 0.05) is 11.5 Å². The summed E-state index contributed by atoms with van der Waals surface area (Å²) in [6, 6.07) is 11.4. The van der Waals surface area contributed by atoms with Gasteiger partial charge in [-0.3, -0.25) is 0 Å². The summed E-state index contributed by atoms with van der Waals surface area (Å²) in [7, 11) is 0. The number of benzene rings is 2. The fourth-order valence-electron chi connectivity index (χ4n) is 3.30. The molecule has 0 heterocycles. The average molecular weight is 370 g/mol. The van der Waals surface area contributed by atoms with Crippen molar-refractivity contribution in [2.45, 2.75) is 32.3 Å². The fraction of sp³-hybridized carbons (Fsp3) is 0.304. The molecule has 0 spiro atoms. The normalized spacial score (nSPS) is 19.3. The molecule has 1 aliphatic rings. The van der Waals surface area contributed by atoms with Gasteiger partial charge in [0.15, 0.2) is 11.6 Å². The molecule has 2 aromatic carbocycles. The van der Waals surface area contributed by atoms with Gasteiger partial charge < -0.3 is 4.74 Å². The van der Waals surface area contributed by atoms with Crippen LogP contribution < -0.4 is 4.74 Å². The molecule has 0 atom stereocenters. The first kappa shape index (κ1) is 19.1. The summed E-state index contributed by atoms with van der Waals surface area (Å²) in [5.41, 5.74) is 2.29. The summed E-state index contributed by atoms with van der Waals surface area (Å²) in [6.07, 6.45) is 6.55. The lowest BCUT2D eigenvalue weighted by Gasteiger charge is -2.22. The van der Waals surface area contributed by atoms with Gasteiger partial charge in [-0.25, -0.2) is 4.39 Å². The van der Waals surface area contributed by atoms with Crippen molar-refractivity contribution in [2.75, 3.05) is 0 Å². The minimum absolute atomic E-state index is 0.428. The topological polar surface area (TPSA) is 9.23 Å². The van der Waals surface area contributed by atoms with Crippen molar-refractivity contribution in [3.05, 3.63) is 66.5 Å². The molecule has 1 aliphatic carbocycles. The molecular formula is C23H21F3O. The van der Waals surface area contributed by atoms with Crippen LogP contribution in [0.2, 0.25) is 0 Å². The van der Waals surface area contributed by atoms with Crippen LogP contribution in [0.5, 0.6) is 5.75 Å². The Labute approximate surface area is 157 Å². The predicted molar refractivity (Wildman–Crippen MR) is 101 cm³/mol. The monoisotopic (exact) mass is 370 g/mol. The molecular weight excluding hydrogens is 349 g/mol. The van der Waals surface area contributed by atoms with E-state index in [9.17, 15) is 13.2 Å². The predicted octanol–water partition coefficient (Wildman–Crippen LogP) is 6.44. The van der Waals surface area contributed by atoms with Gasteiger partial charge in [0.1, 0.15) is 0 Å². The summed E-state index contributed by atoms with van der Waals surface area (Å²) in [6.45, 7) is 0.813. The third kappa shape index (κ3) is 5.17. The molecule has 0 amide bonds. The maximum atomic E-state index is 13.9. The molecule has 1 nitrogen and oxygen atoms in total. The molecule has 0 radical (unpaired) electrons. The van der Waals surface area contributed by atoms with Crippen molar-refractivity contribution in [1.82, 2.24) is 0 Å². The zero-order valence-electron chi connectivity index (χ0n) is 14.9. The smallest absolute Gasteiger partial charge is 0.387 e. The van der Waals surface area contributed by atoms with Crippen LogP contribution in [0.3, 0.4) is 0 Å². The molecule has 0 unspecified atom stereocenters. The van der Waals surface area contributed by atoms with E-state index in [-0.39, 0.29) is 0 Å². The highest BCUT2D eigenvalue weighted by Crippen LogP contribution is 2.29. The van der Waals surface area contributed by atoms with E-state index in [4.69, 9.17) is 0 Å². The van der Waals surface area contributed by atoms with Gasteiger partial charge >= 0.3 is 6.61 Å². The molecule has 140 valence electrons. The number of halogens is 3. The number of hydrogen-bond acceptors (Lipinski definition) is 1. The van der Waals surface area contributed by atoms with Crippen LogP contribution in [0.1, 0.15) is 31.2 Å². The second kappa shape index (κ2) is 8.81. The second-order valence-electron chi connectivity index (χ2n) is 6.72. The first-order valence-electron chi connectivity index (χ1n) is 9.04. The molecule has 4 heteroatoms. The molecule has 1 fully saturated rings. The van der Waals surface area contributed by atoms with Gasteiger partial charge in [-0.2, -0.15) is 8.78 Å². The van der Waals surface area contributed by atoms with Crippen molar-refractivity contribution in [3.63, 3.8) is 0 Å². The Bertz CT molecular complexity index is 838. The van der Waals surface area contributed by atoms with Gasteiger partial charge in [0.2, 0.25) is 0 Å². The summed E-state index contributed by atoms with van der Waals surface area (Å²) in [5, 5.41) is 0. The third-order valence-electron chi connectivity index (χ3n) is 4.89. The quantitative estimate of drug-likeness (QED) is 0.445. The third-order valence-corrected chi connectivity index (χ3v) is 4.89. The summed E-state index contributed by atoms with van der Waals surface area (Å²) in [5.74, 6) is 6.34. The fourth-order valence-corrected chi connectivity index (χ4v) is 3.30.